The second-order valence-corrected chi connectivity index (χ2v) is 6.45. The second kappa shape index (κ2) is 7.73. The van der Waals surface area contributed by atoms with Crippen LogP contribution in [0.5, 0.6) is 6.01 Å². The third-order valence-electron chi connectivity index (χ3n) is 4.35. The Balaban J connectivity index is 1.62. The van der Waals surface area contributed by atoms with Crippen LogP contribution in [0.2, 0.25) is 0 Å². The number of nitrogens with zero attached hydrogens (tertiary/aromatic N) is 3. The molecule has 1 aliphatic heterocycles. The van der Waals surface area contributed by atoms with Crippen molar-refractivity contribution in [2.24, 2.45) is 0 Å². The maximum atomic E-state index is 5.79. The van der Waals surface area contributed by atoms with Gasteiger partial charge in [-0.05, 0) is 32.4 Å². The van der Waals surface area contributed by atoms with Crippen LogP contribution >= 0.6 is 0 Å². The van der Waals surface area contributed by atoms with E-state index in [0.29, 0.717) is 18.7 Å². The monoisotopic (exact) mass is 326 g/mol. The molecule has 128 valence electrons. The fourth-order valence-corrected chi connectivity index (χ4v) is 3.23. The molecular weight excluding hydrogens is 300 g/mol. The smallest absolute Gasteiger partial charge is 0.316 e. The van der Waals surface area contributed by atoms with Crippen LogP contribution in [0.25, 0.3) is 0 Å². The Morgan fingerprint density at radius 3 is 2.71 bits per heavy atom. The summed E-state index contributed by atoms with van der Waals surface area (Å²) in [6, 6.07) is 11.6. The number of rotatable bonds is 5. The highest BCUT2D eigenvalue weighted by molar-refractivity contribution is 5.26. The number of hydrogen-bond donors (Lipinski definition) is 1. The van der Waals surface area contributed by atoms with Crippen molar-refractivity contribution in [1.82, 2.24) is 20.2 Å². The Morgan fingerprint density at radius 1 is 1.17 bits per heavy atom. The van der Waals surface area contributed by atoms with E-state index in [4.69, 9.17) is 4.74 Å². The van der Waals surface area contributed by atoms with Crippen molar-refractivity contribution in [2.75, 3.05) is 32.8 Å². The zero-order valence-corrected chi connectivity index (χ0v) is 14.7. The molecule has 0 bridgehead atoms. The zero-order valence-electron chi connectivity index (χ0n) is 14.7. The fourth-order valence-electron chi connectivity index (χ4n) is 3.23. The molecular formula is C19H26N4O. The van der Waals surface area contributed by atoms with Crippen LogP contribution in [-0.2, 0) is 0 Å². The van der Waals surface area contributed by atoms with Crippen LogP contribution in [-0.4, -0.2) is 47.7 Å². The van der Waals surface area contributed by atoms with Gasteiger partial charge < -0.3 is 10.1 Å². The molecule has 2 aromatic rings. The normalized spacial score (nSPS) is 18.5. The Morgan fingerprint density at radius 2 is 1.96 bits per heavy atom. The van der Waals surface area contributed by atoms with Crippen molar-refractivity contribution in [1.29, 1.82) is 0 Å². The van der Waals surface area contributed by atoms with Gasteiger partial charge >= 0.3 is 6.01 Å². The summed E-state index contributed by atoms with van der Waals surface area (Å²) in [4.78, 5) is 11.2. The average molecular weight is 326 g/mol. The predicted molar refractivity (Wildman–Crippen MR) is 95.4 cm³/mol. The molecule has 24 heavy (non-hydrogen) atoms. The molecule has 0 amide bonds. The highest BCUT2D eigenvalue weighted by atomic mass is 16.5. The lowest BCUT2D eigenvalue weighted by Gasteiger charge is -2.36. The molecule has 1 aliphatic rings. The largest absolute Gasteiger partial charge is 0.462 e. The minimum Gasteiger partial charge on any atom is -0.462 e. The minimum atomic E-state index is 0.391. The third-order valence-corrected chi connectivity index (χ3v) is 4.35. The molecule has 1 unspecified atom stereocenters. The van der Waals surface area contributed by atoms with Gasteiger partial charge in [0, 0.05) is 43.6 Å². The lowest BCUT2D eigenvalue weighted by atomic mass is 10.0. The van der Waals surface area contributed by atoms with E-state index in [-0.39, 0.29) is 0 Å². The number of piperazine rings is 1. The van der Waals surface area contributed by atoms with Crippen molar-refractivity contribution in [3.63, 3.8) is 0 Å². The Labute approximate surface area is 144 Å². The van der Waals surface area contributed by atoms with Gasteiger partial charge in [0.1, 0.15) is 6.61 Å². The van der Waals surface area contributed by atoms with E-state index in [1.807, 2.05) is 19.9 Å². The van der Waals surface area contributed by atoms with E-state index >= 15 is 0 Å². The van der Waals surface area contributed by atoms with Crippen LogP contribution in [0.3, 0.4) is 0 Å². The topological polar surface area (TPSA) is 50.3 Å². The zero-order chi connectivity index (χ0) is 16.9. The predicted octanol–water partition coefficient (Wildman–Crippen LogP) is 2.43. The van der Waals surface area contributed by atoms with Crippen molar-refractivity contribution >= 4 is 0 Å². The van der Waals surface area contributed by atoms with Gasteiger partial charge in [0.15, 0.2) is 0 Å². The molecule has 1 atom stereocenters. The summed E-state index contributed by atoms with van der Waals surface area (Å²) < 4.78 is 5.79. The van der Waals surface area contributed by atoms with Gasteiger partial charge in [-0.2, -0.15) is 0 Å². The number of ether oxygens (including phenoxy) is 1. The molecule has 0 saturated carbocycles. The lowest BCUT2D eigenvalue weighted by Crippen LogP contribution is -2.47. The maximum Gasteiger partial charge on any atom is 0.316 e. The number of aromatic nitrogens is 2. The van der Waals surface area contributed by atoms with Crippen LogP contribution in [0.4, 0.5) is 0 Å². The van der Waals surface area contributed by atoms with E-state index < -0.39 is 0 Å². The first-order valence-electron chi connectivity index (χ1n) is 8.58. The van der Waals surface area contributed by atoms with Gasteiger partial charge in [-0.25, -0.2) is 9.97 Å². The third kappa shape index (κ3) is 4.30. The van der Waals surface area contributed by atoms with Gasteiger partial charge in [0.05, 0.1) is 0 Å². The number of hydrogen-bond acceptors (Lipinski definition) is 5. The SMILES string of the molecule is Cc1cccc(C2CNCCN2CCOc2nc(C)cc(C)n2)c1. The molecule has 1 aromatic heterocycles. The molecule has 3 rings (SSSR count). The highest BCUT2D eigenvalue weighted by Gasteiger charge is 2.23. The van der Waals surface area contributed by atoms with E-state index in [1.165, 1.54) is 11.1 Å². The van der Waals surface area contributed by atoms with Crippen LogP contribution in [0, 0.1) is 20.8 Å². The molecule has 1 N–H and O–H groups in total. The van der Waals surface area contributed by atoms with Crippen LogP contribution < -0.4 is 10.1 Å². The first kappa shape index (κ1) is 16.9. The maximum absolute atomic E-state index is 5.79. The number of nitrogens with one attached hydrogen (secondary N) is 1. The summed E-state index contributed by atoms with van der Waals surface area (Å²) in [7, 11) is 0. The van der Waals surface area contributed by atoms with Crippen molar-refractivity contribution in [3.8, 4) is 6.01 Å². The summed E-state index contributed by atoms with van der Waals surface area (Å²) in [6.45, 7) is 10.6. The second-order valence-electron chi connectivity index (χ2n) is 6.45. The summed E-state index contributed by atoms with van der Waals surface area (Å²) in [6.07, 6.45) is 0. The molecule has 1 aromatic carbocycles. The fraction of sp³-hybridized carbons (Fsp3) is 0.474. The van der Waals surface area contributed by atoms with E-state index in [2.05, 4.69) is 51.4 Å². The van der Waals surface area contributed by atoms with Crippen LogP contribution in [0.1, 0.15) is 28.6 Å². The molecule has 2 heterocycles. The standard InChI is InChI=1S/C19H26N4O/c1-14-5-4-6-17(11-14)18-13-20-7-8-23(18)9-10-24-19-21-15(2)12-16(3)22-19/h4-6,11-12,18,20H,7-10,13H2,1-3H3. The Kier molecular flexibility index (Phi) is 5.43. The van der Waals surface area contributed by atoms with Crippen molar-refractivity contribution in [2.45, 2.75) is 26.8 Å². The average Bonchev–Trinajstić information content (AvgIpc) is 2.54. The molecule has 5 heteroatoms. The number of aryl methyl sites for hydroxylation is 3. The van der Waals surface area contributed by atoms with E-state index in [1.54, 1.807) is 0 Å². The molecule has 0 radical (unpaired) electrons. The summed E-state index contributed by atoms with van der Waals surface area (Å²) in [5.74, 6) is 0. The van der Waals surface area contributed by atoms with Gasteiger partial charge in [-0.15, -0.1) is 0 Å². The Bertz CT molecular complexity index is 669. The quantitative estimate of drug-likeness (QED) is 0.914. The van der Waals surface area contributed by atoms with E-state index in [0.717, 1.165) is 37.6 Å². The first-order chi connectivity index (χ1) is 11.6. The summed E-state index contributed by atoms with van der Waals surface area (Å²) >= 11 is 0. The van der Waals surface area contributed by atoms with Gasteiger partial charge in [0.25, 0.3) is 0 Å². The molecule has 1 fully saturated rings. The summed E-state index contributed by atoms with van der Waals surface area (Å²) in [5.41, 5.74) is 4.55. The highest BCUT2D eigenvalue weighted by Crippen LogP contribution is 2.22. The molecule has 1 saturated heterocycles. The van der Waals surface area contributed by atoms with Crippen molar-refractivity contribution in [3.05, 3.63) is 52.8 Å². The van der Waals surface area contributed by atoms with Gasteiger partial charge in [-0.3, -0.25) is 4.90 Å². The lowest BCUT2D eigenvalue weighted by molar-refractivity contribution is 0.130. The summed E-state index contributed by atoms with van der Waals surface area (Å²) in [5, 5.41) is 3.50. The number of benzene rings is 1. The molecule has 5 nitrogen and oxygen atoms in total. The molecule has 0 spiro atoms. The minimum absolute atomic E-state index is 0.391. The molecule has 0 aliphatic carbocycles. The van der Waals surface area contributed by atoms with Crippen molar-refractivity contribution < 1.29 is 4.74 Å². The first-order valence-corrected chi connectivity index (χ1v) is 8.58. The Hall–Kier alpha value is -1.98. The van der Waals surface area contributed by atoms with Gasteiger partial charge in [0.2, 0.25) is 0 Å². The van der Waals surface area contributed by atoms with E-state index in [9.17, 15) is 0 Å². The van der Waals surface area contributed by atoms with Gasteiger partial charge in [-0.1, -0.05) is 29.8 Å². The van der Waals surface area contributed by atoms with Crippen LogP contribution in [0.15, 0.2) is 30.3 Å².